The van der Waals surface area contributed by atoms with Gasteiger partial charge in [-0.2, -0.15) is 11.3 Å². The first-order chi connectivity index (χ1) is 15.1. The van der Waals surface area contributed by atoms with E-state index < -0.39 is 17.4 Å². The van der Waals surface area contributed by atoms with E-state index in [-0.39, 0.29) is 43.1 Å². The zero-order valence-electron chi connectivity index (χ0n) is 17.9. The number of carboxylic acid groups (broad SMARTS) is 1. The number of rotatable bonds is 6. The quantitative estimate of drug-likeness (QED) is 0.619. The maximum absolute atomic E-state index is 13.3. The fourth-order valence-electron chi connectivity index (χ4n) is 4.41. The second kappa shape index (κ2) is 8.38. The van der Waals surface area contributed by atoms with Crippen LogP contribution in [0.5, 0.6) is 0 Å². The van der Waals surface area contributed by atoms with E-state index in [9.17, 15) is 19.2 Å². The predicted molar refractivity (Wildman–Crippen MR) is 120 cm³/mol. The van der Waals surface area contributed by atoms with Gasteiger partial charge in [-0.25, -0.2) is 0 Å². The van der Waals surface area contributed by atoms with Gasteiger partial charge in [-0.15, -0.1) is 0 Å². The Balaban J connectivity index is 1.49. The average Bonchev–Trinajstić information content (AvgIpc) is 3.34. The Bertz CT molecular complexity index is 1080. The summed E-state index contributed by atoms with van der Waals surface area (Å²) in [5.74, 6) is -1.77. The lowest BCUT2D eigenvalue weighted by Gasteiger charge is -2.23. The molecular weight excluding hydrogens is 430 g/mol. The molecular formula is C23H25N3O5S. The molecule has 2 aliphatic rings. The van der Waals surface area contributed by atoms with Gasteiger partial charge in [0.05, 0.1) is 17.7 Å². The predicted octanol–water partition coefficient (Wildman–Crippen LogP) is 2.96. The Labute approximate surface area is 189 Å². The van der Waals surface area contributed by atoms with E-state index in [0.717, 1.165) is 11.1 Å². The molecule has 168 valence electrons. The number of amides is 3. The highest BCUT2D eigenvalue weighted by Crippen LogP contribution is 2.33. The summed E-state index contributed by atoms with van der Waals surface area (Å²) in [6.07, 6.45) is 0.242. The normalized spacial score (nSPS) is 20.2. The van der Waals surface area contributed by atoms with Crippen LogP contribution in [0.2, 0.25) is 0 Å². The van der Waals surface area contributed by atoms with Gasteiger partial charge in [-0.1, -0.05) is 19.9 Å². The van der Waals surface area contributed by atoms with Gasteiger partial charge in [0.2, 0.25) is 11.8 Å². The monoisotopic (exact) mass is 455 g/mol. The van der Waals surface area contributed by atoms with Crippen LogP contribution in [-0.2, 0) is 14.4 Å². The molecule has 0 spiro atoms. The molecule has 32 heavy (non-hydrogen) atoms. The molecule has 4 rings (SSSR count). The molecule has 0 aliphatic carbocycles. The van der Waals surface area contributed by atoms with Crippen LogP contribution >= 0.6 is 11.3 Å². The van der Waals surface area contributed by atoms with Gasteiger partial charge in [0, 0.05) is 19.0 Å². The molecule has 1 fully saturated rings. The Hall–Kier alpha value is -3.20. The fraction of sp³-hybridized carbons (Fsp3) is 0.391. The lowest BCUT2D eigenvalue weighted by molar-refractivity contribution is -0.139. The van der Waals surface area contributed by atoms with Crippen LogP contribution in [0.25, 0.3) is 11.1 Å². The standard InChI is InChI=1S/C23H25N3O5S/c1-23(2,10-20(28)29)9-19(27)24-15-8-18-21(30)25-17-4-3-13(14-5-6-32-12-14)7-16(17)22(31)26(18)11-15/h3-7,12,15,18H,8-11H2,1-2H3,(H,24,27)(H,25,30)(H,28,29)/t15-,18-/m0/s1. The van der Waals surface area contributed by atoms with Crippen LogP contribution in [-0.4, -0.2) is 52.3 Å². The number of nitrogens with one attached hydrogen (secondary N) is 2. The Morgan fingerprint density at radius 3 is 2.69 bits per heavy atom. The highest BCUT2D eigenvalue weighted by molar-refractivity contribution is 7.08. The van der Waals surface area contributed by atoms with Crippen molar-refractivity contribution in [3.05, 3.63) is 40.6 Å². The van der Waals surface area contributed by atoms with Crippen molar-refractivity contribution in [2.45, 2.75) is 45.2 Å². The van der Waals surface area contributed by atoms with Gasteiger partial charge >= 0.3 is 5.97 Å². The van der Waals surface area contributed by atoms with Gasteiger partial charge < -0.3 is 20.6 Å². The molecule has 0 bridgehead atoms. The second-order valence-electron chi connectivity index (χ2n) is 9.15. The molecule has 2 aliphatic heterocycles. The Morgan fingerprint density at radius 1 is 1.22 bits per heavy atom. The van der Waals surface area contributed by atoms with E-state index in [1.165, 1.54) is 4.90 Å². The molecule has 2 aromatic rings. The van der Waals surface area contributed by atoms with Crippen molar-refractivity contribution >= 4 is 40.7 Å². The molecule has 0 unspecified atom stereocenters. The van der Waals surface area contributed by atoms with Crippen molar-refractivity contribution in [3.63, 3.8) is 0 Å². The highest BCUT2D eigenvalue weighted by atomic mass is 32.1. The number of thiophene rings is 1. The van der Waals surface area contributed by atoms with E-state index in [0.29, 0.717) is 17.7 Å². The first-order valence-electron chi connectivity index (χ1n) is 10.4. The molecule has 0 saturated carbocycles. The smallest absolute Gasteiger partial charge is 0.303 e. The van der Waals surface area contributed by atoms with Crippen LogP contribution < -0.4 is 10.6 Å². The maximum Gasteiger partial charge on any atom is 0.303 e. The number of nitrogens with zero attached hydrogens (tertiary/aromatic N) is 1. The molecule has 2 atom stereocenters. The Kier molecular flexibility index (Phi) is 5.77. The first kappa shape index (κ1) is 22.0. The van der Waals surface area contributed by atoms with Crippen molar-refractivity contribution in [3.8, 4) is 11.1 Å². The van der Waals surface area contributed by atoms with Gasteiger partial charge in [0.25, 0.3) is 5.91 Å². The van der Waals surface area contributed by atoms with E-state index in [1.54, 1.807) is 37.3 Å². The number of carboxylic acids is 1. The van der Waals surface area contributed by atoms with Gasteiger partial charge in [0.15, 0.2) is 0 Å². The van der Waals surface area contributed by atoms with Crippen LogP contribution in [0.3, 0.4) is 0 Å². The first-order valence-corrected chi connectivity index (χ1v) is 11.4. The third kappa shape index (κ3) is 4.52. The van der Waals surface area contributed by atoms with E-state index in [1.807, 2.05) is 22.9 Å². The molecule has 1 saturated heterocycles. The molecule has 1 aromatic carbocycles. The summed E-state index contributed by atoms with van der Waals surface area (Å²) in [6, 6.07) is 6.36. The van der Waals surface area contributed by atoms with Crippen LogP contribution in [0.1, 0.15) is 43.5 Å². The molecule has 3 amide bonds. The van der Waals surface area contributed by atoms with Crippen LogP contribution in [0.15, 0.2) is 35.0 Å². The molecule has 0 radical (unpaired) electrons. The molecule has 9 heteroatoms. The van der Waals surface area contributed by atoms with Crippen molar-refractivity contribution in [2.24, 2.45) is 5.41 Å². The minimum absolute atomic E-state index is 0.0491. The molecule has 3 heterocycles. The lowest BCUT2D eigenvalue weighted by Crippen LogP contribution is -2.41. The second-order valence-corrected chi connectivity index (χ2v) is 9.93. The van der Waals surface area contributed by atoms with Gasteiger partial charge in [-0.05, 0) is 51.9 Å². The highest BCUT2D eigenvalue weighted by Gasteiger charge is 2.43. The SMILES string of the molecule is CC(C)(CC(=O)O)CC(=O)N[C@H]1C[C@H]2C(=O)Nc3ccc(-c4ccsc4)cc3C(=O)N2C1. The summed E-state index contributed by atoms with van der Waals surface area (Å²) in [5.41, 5.74) is 2.14. The van der Waals surface area contributed by atoms with E-state index >= 15 is 0 Å². The van der Waals surface area contributed by atoms with Crippen LogP contribution in [0, 0.1) is 5.41 Å². The minimum atomic E-state index is -0.959. The average molecular weight is 456 g/mol. The summed E-state index contributed by atoms with van der Waals surface area (Å²) < 4.78 is 0. The maximum atomic E-state index is 13.3. The zero-order chi connectivity index (χ0) is 23.0. The third-order valence-electron chi connectivity index (χ3n) is 5.86. The lowest BCUT2D eigenvalue weighted by atomic mass is 9.85. The third-order valence-corrected chi connectivity index (χ3v) is 6.54. The van der Waals surface area contributed by atoms with Crippen molar-refractivity contribution in [2.75, 3.05) is 11.9 Å². The number of carbonyl (C=O) groups excluding carboxylic acids is 3. The number of benzene rings is 1. The summed E-state index contributed by atoms with van der Waals surface area (Å²) >= 11 is 1.57. The molecule has 3 N–H and O–H groups in total. The summed E-state index contributed by atoms with van der Waals surface area (Å²) in [7, 11) is 0. The molecule has 1 aromatic heterocycles. The number of aliphatic carboxylic acids is 1. The van der Waals surface area contributed by atoms with Gasteiger partial charge in [0.1, 0.15) is 6.04 Å². The van der Waals surface area contributed by atoms with Crippen molar-refractivity contribution in [1.29, 1.82) is 0 Å². The largest absolute Gasteiger partial charge is 0.481 e. The minimum Gasteiger partial charge on any atom is -0.481 e. The van der Waals surface area contributed by atoms with E-state index in [2.05, 4.69) is 10.6 Å². The van der Waals surface area contributed by atoms with Crippen molar-refractivity contribution in [1.82, 2.24) is 10.2 Å². The topological polar surface area (TPSA) is 116 Å². The number of anilines is 1. The van der Waals surface area contributed by atoms with E-state index in [4.69, 9.17) is 5.11 Å². The number of fused-ring (bicyclic) bond motifs is 2. The molecule has 8 nitrogen and oxygen atoms in total. The number of hydrogen-bond acceptors (Lipinski definition) is 5. The van der Waals surface area contributed by atoms with Crippen LogP contribution in [0.4, 0.5) is 5.69 Å². The number of carbonyl (C=O) groups is 4. The Morgan fingerprint density at radius 2 is 2.00 bits per heavy atom. The van der Waals surface area contributed by atoms with Gasteiger partial charge in [-0.3, -0.25) is 19.2 Å². The fourth-order valence-corrected chi connectivity index (χ4v) is 5.07. The van der Waals surface area contributed by atoms with Crippen molar-refractivity contribution < 1.29 is 24.3 Å². The number of hydrogen-bond donors (Lipinski definition) is 3. The summed E-state index contributed by atoms with van der Waals surface area (Å²) in [5, 5.41) is 18.7. The summed E-state index contributed by atoms with van der Waals surface area (Å²) in [6.45, 7) is 3.67. The zero-order valence-corrected chi connectivity index (χ0v) is 18.7. The summed E-state index contributed by atoms with van der Waals surface area (Å²) in [4.78, 5) is 51.2.